The van der Waals surface area contributed by atoms with Crippen LogP contribution in [0.2, 0.25) is 0 Å². The Morgan fingerprint density at radius 3 is 2.68 bits per heavy atom. The molecule has 4 N–H and O–H groups in total. The van der Waals surface area contributed by atoms with Crippen LogP contribution in [0.5, 0.6) is 0 Å². The van der Waals surface area contributed by atoms with E-state index in [2.05, 4.69) is 43.2 Å². The van der Waals surface area contributed by atoms with E-state index in [1.165, 1.54) is 5.56 Å². The lowest BCUT2D eigenvalue weighted by molar-refractivity contribution is 0.246. The number of halogens is 1. The largest absolute Gasteiger partial charge is 0.396 e. The van der Waals surface area contributed by atoms with Gasteiger partial charge in [-0.3, -0.25) is 4.99 Å². The molecule has 1 aromatic carbocycles. The molecular formula is C17H30IN3O. The van der Waals surface area contributed by atoms with Gasteiger partial charge in [0.15, 0.2) is 5.96 Å². The fourth-order valence-electron chi connectivity index (χ4n) is 2.42. The van der Waals surface area contributed by atoms with Gasteiger partial charge in [-0.15, -0.1) is 24.0 Å². The van der Waals surface area contributed by atoms with Gasteiger partial charge in [0, 0.05) is 18.8 Å². The van der Waals surface area contributed by atoms with Crippen LogP contribution in [0.25, 0.3) is 0 Å². The first-order valence-corrected chi connectivity index (χ1v) is 7.81. The quantitative estimate of drug-likeness (QED) is 0.342. The summed E-state index contributed by atoms with van der Waals surface area (Å²) >= 11 is 0. The summed E-state index contributed by atoms with van der Waals surface area (Å²) in [6, 6.07) is 8.18. The van der Waals surface area contributed by atoms with E-state index in [1.54, 1.807) is 0 Å². The van der Waals surface area contributed by atoms with Crippen LogP contribution in [-0.2, 0) is 6.42 Å². The van der Waals surface area contributed by atoms with E-state index in [-0.39, 0.29) is 30.6 Å². The van der Waals surface area contributed by atoms with E-state index in [0.29, 0.717) is 24.3 Å². The lowest BCUT2D eigenvalue weighted by Gasteiger charge is -2.16. The third-order valence-corrected chi connectivity index (χ3v) is 3.47. The first kappa shape index (κ1) is 21.2. The van der Waals surface area contributed by atoms with E-state index in [0.717, 1.165) is 24.9 Å². The van der Waals surface area contributed by atoms with Crippen molar-refractivity contribution in [2.75, 3.05) is 18.5 Å². The van der Waals surface area contributed by atoms with Crippen molar-refractivity contribution in [1.29, 1.82) is 0 Å². The van der Waals surface area contributed by atoms with E-state index in [9.17, 15) is 0 Å². The summed E-state index contributed by atoms with van der Waals surface area (Å²) in [6.07, 6.45) is 2.84. The Kier molecular flexibility index (Phi) is 11.3. The number of anilines is 1. The predicted molar refractivity (Wildman–Crippen MR) is 106 cm³/mol. The minimum atomic E-state index is 0. The number of aryl methyl sites for hydroxylation is 1. The van der Waals surface area contributed by atoms with Gasteiger partial charge >= 0.3 is 0 Å². The molecule has 0 spiro atoms. The second kappa shape index (κ2) is 11.7. The zero-order valence-corrected chi connectivity index (χ0v) is 16.2. The Morgan fingerprint density at radius 2 is 2.09 bits per heavy atom. The maximum Gasteiger partial charge on any atom is 0.193 e. The van der Waals surface area contributed by atoms with Crippen molar-refractivity contribution < 1.29 is 5.11 Å². The van der Waals surface area contributed by atoms with Gasteiger partial charge < -0.3 is 16.2 Å². The second-order valence-electron chi connectivity index (χ2n) is 5.91. The van der Waals surface area contributed by atoms with Gasteiger partial charge in [0.05, 0.1) is 0 Å². The molecule has 1 aromatic rings. The number of guanidine groups is 1. The Bertz CT molecular complexity index is 449. The molecule has 0 amide bonds. The summed E-state index contributed by atoms with van der Waals surface area (Å²) < 4.78 is 0. The number of nitrogens with zero attached hydrogens (tertiary/aromatic N) is 1. The van der Waals surface area contributed by atoms with Crippen molar-refractivity contribution in [2.24, 2.45) is 22.6 Å². The summed E-state index contributed by atoms with van der Waals surface area (Å²) in [7, 11) is 0. The van der Waals surface area contributed by atoms with Crippen LogP contribution in [0.3, 0.4) is 0 Å². The molecule has 126 valence electrons. The summed E-state index contributed by atoms with van der Waals surface area (Å²) in [5, 5.41) is 12.2. The normalized spacial score (nSPS) is 12.9. The topological polar surface area (TPSA) is 70.6 Å². The van der Waals surface area contributed by atoms with Gasteiger partial charge in [0.2, 0.25) is 0 Å². The molecule has 0 aromatic heterocycles. The third-order valence-electron chi connectivity index (χ3n) is 3.47. The zero-order valence-electron chi connectivity index (χ0n) is 13.9. The summed E-state index contributed by atoms with van der Waals surface area (Å²) in [5.41, 5.74) is 8.19. The van der Waals surface area contributed by atoms with Crippen LogP contribution >= 0.6 is 24.0 Å². The maximum absolute atomic E-state index is 9.11. The summed E-state index contributed by atoms with van der Waals surface area (Å²) in [6.45, 7) is 7.36. The van der Waals surface area contributed by atoms with Crippen LogP contribution in [0.1, 0.15) is 39.2 Å². The fraction of sp³-hybridized carbons (Fsp3) is 0.588. The number of aliphatic hydroxyl groups is 1. The van der Waals surface area contributed by atoms with Gasteiger partial charge in [-0.1, -0.05) is 32.9 Å². The third kappa shape index (κ3) is 8.58. The molecule has 0 bridgehead atoms. The zero-order chi connectivity index (χ0) is 15.7. The van der Waals surface area contributed by atoms with Crippen molar-refractivity contribution in [1.82, 2.24) is 0 Å². The van der Waals surface area contributed by atoms with Gasteiger partial charge in [-0.2, -0.15) is 0 Å². The first-order valence-electron chi connectivity index (χ1n) is 7.81. The highest BCUT2D eigenvalue weighted by Gasteiger charge is 2.10. The van der Waals surface area contributed by atoms with Crippen molar-refractivity contribution in [2.45, 2.75) is 40.0 Å². The number of aliphatic hydroxyl groups excluding tert-OH is 1. The monoisotopic (exact) mass is 419 g/mol. The van der Waals surface area contributed by atoms with Crippen molar-refractivity contribution in [3.05, 3.63) is 29.8 Å². The SMILES string of the molecule is CCc1cccc(NC(N)=NCC(CCO)CC(C)C)c1.I. The maximum atomic E-state index is 9.11. The molecule has 22 heavy (non-hydrogen) atoms. The van der Waals surface area contributed by atoms with Gasteiger partial charge in [-0.25, -0.2) is 0 Å². The summed E-state index contributed by atoms with van der Waals surface area (Å²) in [5.74, 6) is 1.43. The van der Waals surface area contributed by atoms with Crippen LogP contribution in [0.4, 0.5) is 5.69 Å². The molecule has 4 nitrogen and oxygen atoms in total. The van der Waals surface area contributed by atoms with Crippen LogP contribution in [0.15, 0.2) is 29.3 Å². The van der Waals surface area contributed by atoms with Crippen LogP contribution < -0.4 is 11.1 Å². The van der Waals surface area contributed by atoms with Gasteiger partial charge in [0.1, 0.15) is 0 Å². The van der Waals surface area contributed by atoms with E-state index in [4.69, 9.17) is 10.8 Å². The Balaban J connectivity index is 0.00000441. The molecule has 5 heteroatoms. The highest BCUT2D eigenvalue weighted by molar-refractivity contribution is 14.0. The molecule has 1 atom stereocenters. The molecule has 0 aliphatic heterocycles. The van der Waals surface area contributed by atoms with E-state index in [1.807, 2.05) is 12.1 Å². The van der Waals surface area contributed by atoms with Gasteiger partial charge in [0.25, 0.3) is 0 Å². The molecular weight excluding hydrogens is 389 g/mol. The molecule has 1 rings (SSSR count). The molecule has 0 aliphatic rings. The van der Waals surface area contributed by atoms with Crippen LogP contribution in [-0.4, -0.2) is 24.2 Å². The number of nitrogens with one attached hydrogen (secondary N) is 1. The Hall–Kier alpha value is -0.820. The lowest BCUT2D eigenvalue weighted by Crippen LogP contribution is -2.24. The smallest absolute Gasteiger partial charge is 0.193 e. The molecule has 0 aliphatic carbocycles. The minimum absolute atomic E-state index is 0. The summed E-state index contributed by atoms with van der Waals surface area (Å²) in [4.78, 5) is 4.42. The van der Waals surface area contributed by atoms with Gasteiger partial charge in [-0.05, 0) is 48.8 Å². The van der Waals surface area contributed by atoms with Crippen molar-refractivity contribution >= 4 is 35.6 Å². The van der Waals surface area contributed by atoms with Crippen molar-refractivity contribution in [3.8, 4) is 0 Å². The molecule has 0 heterocycles. The van der Waals surface area contributed by atoms with E-state index < -0.39 is 0 Å². The highest BCUT2D eigenvalue weighted by Crippen LogP contribution is 2.16. The molecule has 1 unspecified atom stereocenters. The number of hydrogen-bond donors (Lipinski definition) is 3. The second-order valence-corrected chi connectivity index (χ2v) is 5.91. The number of benzene rings is 1. The standard InChI is InChI=1S/C17H29N3O.HI/c1-4-14-6-5-7-16(11-14)20-17(18)19-12-15(8-9-21)10-13(2)3;/h5-7,11,13,15,21H,4,8-10,12H2,1-3H3,(H3,18,19,20);1H. The molecule has 0 saturated carbocycles. The number of hydrogen-bond acceptors (Lipinski definition) is 2. The molecule has 0 saturated heterocycles. The molecule has 0 radical (unpaired) electrons. The molecule has 0 fully saturated rings. The first-order chi connectivity index (χ1) is 10.0. The van der Waals surface area contributed by atoms with Crippen molar-refractivity contribution in [3.63, 3.8) is 0 Å². The number of aliphatic imine (C=N–C) groups is 1. The van der Waals surface area contributed by atoms with Crippen LogP contribution in [0, 0.1) is 11.8 Å². The number of nitrogens with two attached hydrogens (primary N) is 1. The average Bonchev–Trinajstić information content (AvgIpc) is 2.44. The minimum Gasteiger partial charge on any atom is -0.396 e. The lowest BCUT2D eigenvalue weighted by atomic mass is 9.94. The Morgan fingerprint density at radius 1 is 1.36 bits per heavy atom. The average molecular weight is 419 g/mol. The highest BCUT2D eigenvalue weighted by atomic mass is 127. The predicted octanol–water partition coefficient (Wildman–Crippen LogP) is 3.64. The Labute approximate surface area is 151 Å². The fourth-order valence-corrected chi connectivity index (χ4v) is 2.42. The number of rotatable bonds is 8. The van der Waals surface area contributed by atoms with E-state index >= 15 is 0 Å².